The molecule has 0 radical (unpaired) electrons. The molecule has 2 aromatic carbocycles. The molecule has 0 saturated carbocycles. The molecule has 0 amide bonds. The molecule has 0 aromatic heterocycles. The molecule has 1 unspecified atom stereocenters. The van der Waals surface area contributed by atoms with E-state index in [1.54, 1.807) is 0 Å². The highest BCUT2D eigenvalue weighted by Crippen LogP contribution is 2.24. The third kappa shape index (κ3) is 3.43. The largest absolute Gasteiger partial charge is 0.0622 e. The second-order valence-corrected chi connectivity index (χ2v) is 7.23. The Morgan fingerprint density at radius 1 is 0.833 bits per heavy atom. The first-order chi connectivity index (χ1) is 8.45. The van der Waals surface area contributed by atoms with Crippen LogP contribution < -0.4 is 10.6 Å². The Morgan fingerprint density at radius 3 is 2.11 bits per heavy atom. The van der Waals surface area contributed by atoms with Crippen LogP contribution in [0, 0.1) is 6.92 Å². The highest BCUT2D eigenvalue weighted by Gasteiger charge is 2.14. The van der Waals surface area contributed by atoms with E-state index < -0.39 is 0 Å². The monoisotopic (exact) mass is 256 g/mol. The van der Waals surface area contributed by atoms with Crippen molar-refractivity contribution in [1.82, 2.24) is 0 Å². The second-order valence-electron chi connectivity index (χ2n) is 5.83. The first-order valence-electron chi connectivity index (χ1n) is 6.39. The minimum Gasteiger partial charge on any atom is -0.0622 e. The zero-order chi connectivity index (χ0) is 13.2. The lowest BCUT2D eigenvalue weighted by Gasteiger charge is -2.21. The molecule has 1 heteroatoms. The molecule has 0 N–H and O–H groups in total. The van der Waals surface area contributed by atoms with Crippen LogP contribution in [-0.4, -0.2) is 0 Å². The van der Waals surface area contributed by atoms with Crippen molar-refractivity contribution in [3.05, 3.63) is 59.7 Å². The number of aryl methyl sites for hydroxylation is 1. The summed E-state index contributed by atoms with van der Waals surface area (Å²) in [5.74, 6) is 0. The van der Waals surface area contributed by atoms with Gasteiger partial charge in [-0.2, -0.15) is 0 Å². The minimum absolute atomic E-state index is 0.224. The van der Waals surface area contributed by atoms with Crippen LogP contribution in [0.3, 0.4) is 0 Å². The number of benzene rings is 2. The van der Waals surface area contributed by atoms with Gasteiger partial charge in [-0.3, -0.25) is 0 Å². The molecule has 0 saturated heterocycles. The summed E-state index contributed by atoms with van der Waals surface area (Å²) in [7, 11) is 0.749. The van der Waals surface area contributed by atoms with Gasteiger partial charge in [0.05, 0.1) is 0 Å². The fourth-order valence-corrected chi connectivity index (χ4v) is 3.20. The molecule has 0 nitrogen and oxygen atoms in total. The fourth-order valence-electron chi connectivity index (χ4n) is 1.98. The van der Waals surface area contributed by atoms with Gasteiger partial charge >= 0.3 is 0 Å². The average molecular weight is 256 g/mol. The average Bonchev–Trinajstić information content (AvgIpc) is 2.28. The third-order valence-corrected chi connectivity index (χ3v) is 4.21. The molecule has 94 valence electrons. The van der Waals surface area contributed by atoms with Gasteiger partial charge in [-0.25, -0.2) is 0 Å². The van der Waals surface area contributed by atoms with E-state index in [0.29, 0.717) is 0 Å². The maximum atomic E-state index is 2.36. The molecule has 1 atom stereocenters. The molecule has 0 bridgehead atoms. The predicted molar refractivity (Wildman–Crippen MR) is 83.9 cm³/mol. The summed E-state index contributed by atoms with van der Waals surface area (Å²) in [6.45, 7) is 9.01. The van der Waals surface area contributed by atoms with E-state index in [0.717, 1.165) is 8.58 Å². The van der Waals surface area contributed by atoms with Crippen LogP contribution in [0.25, 0.3) is 0 Å². The lowest BCUT2D eigenvalue weighted by Crippen LogP contribution is -2.15. The van der Waals surface area contributed by atoms with E-state index in [4.69, 9.17) is 0 Å². The van der Waals surface area contributed by atoms with Crippen molar-refractivity contribution >= 4 is 19.2 Å². The molecule has 0 fully saturated rings. The van der Waals surface area contributed by atoms with E-state index in [2.05, 4.69) is 76.2 Å². The molecule has 0 aliphatic rings. The quantitative estimate of drug-likeness (QED) is 0.714. The molecule has 2 rings (SSSR count). The summed E-state index contributed by atoms with van der Waals surface area (Å²) in [6.07, 6.45) is 0. The van der Waals surface area contributed by atoms with Gasteiger partial charge in [0, 0.05) is 0 Å². The van der Waals surface area contributed by atoms with Gasteiger partial charge in [0.25, 0.3) is 0 Å². The molecular weight excluding hydrogens is 235 g/mol. The normalized spacial score (nSPS) is 12.2. The van der Waals surface area contributed by atoms with Gasteiger partial charge < -0.3 is 0 Å². The maximum absolute atomic E-state index is 2.36. The Morgan fingerprint density at radius 2 is 1.50 bits per heavy atom. The van der Waals surface area contributed by atoms with Crippen LogP contribution in [-0.2, 0) is 5.41 Å². The SMILES string of the molecule is Cc1cc(Pc2ccccc2)cc(C(C)(C)C)c1. The first kappa shape index (κ1) is 13.3. The van der Waals surface area contributed by atoms with Gasteiger partial charge in [-0.1, -0.05) is 83.4 Å². The molecule has 0 aliphatic heterocycles. The number of hydrogen-bond donors (Lipinski definition) is 0. The zero-order valence-electron chi connectivity index (χ0n) is 11.6. The van der Waals surface area contributed by atoms with E-state index in [-0.39, 0.29) is 5.41 Å². The fraction of sp³-hybridized carbons (Fsp3) is 0.294. The Balaban J connectivity index is 2.32. The van der Waals surface area contributed by atoms with E-state index >= 15 is 0 Å². The predicted octanol–water partition coefficient (Wildman–Crippen LogP) is 3.92. The van der Waals surface area contributed by atoms with Crippen molar-refractivity contribution < 1.29 is 0 Å². The van der Waals surface area contributed by atoms with Crippen molar-refractivity contribution in [1.29, 1.82) is 0 Å². The van der Waals surface area contributed by atoms with Gasteiger partial charge in [-0.15, -0.1) is 0 Å². The molecule has 0 spiro atoms. The van der Waals surface area contributed by atoms with E-state index in [1.165, 1.54) is 21.7 Å². The smallest absolute Gasteiger partial charge is 0.0132 e. The lowest BCUT2D eigenvalue weighted by atomic mass is 9.86. The second kappa shape index (κ2) is 5.24. The van der Waals surface area contributed by atoms with Crippen LogP contribution in [0.1, 0.15) is 31.9 Å². The highest BCUT2D eigenvalue weighted by atomic mass is 31.1. The van der Waals surface area contributed by atoms with Crippen LogP contribution in [0.2, 0.25) is 0 Å². The van der Waals surface area contributed by atoms with Crippen LogP contribution >= 0.6 is 8.58 Å². The van der Waals surface area contributed by atoms with Crippen LogP contribution in [0.5, 0.6) is 0 Å². The lowest BCUT2D eigenvalue weighted by molar-refractivity contribution is 0.590. The summed E-state index contributed by atoms with van der Waals surface area (Å²) in [4.78, 5) is 0. The van der Waals surface area contributed by atoms with Gasteiger partial charge in [0.15, 0.2) is 0 Å². The topological polar surface area (TPSA) is 0 Å². The van der Waals surface area contributed by atoms with Crippen molar-refractivity contribution in [3.8, 4) is 0 Å². The first-order valence-corrected chi connectivity index (χ1v) is 7.39. The molecule has 2 aromatic rings. The van der Waals surface area contributed by atoms with Crippen LogP contribution in [0.15, 0.2) is 48.5 Å². The Bertz CT molecular complexity index is 521. The van der Waals surface area contributed by atoms with Crippen molar-refractivity contribution in [3.63, 3.8) is 0 Å². The van der Waals surface area contributed by atoms with Crippen molar-refractivity contribution in [2.45, 2.75) is 33.1 Å². The van der Waals surface area contributed by atoms with Gasteiger partial charge in [0.2, 0.25) is 0 Å². The summed E-state index contributed by atoms with van der Waals surface area (Å²) < 4.78 is 0. The Hall–Kier alpha value is -1.13. The van der Waals surface area contributed by atoms with Crippen molar-refractivity contribution in [2.24, 2.45) is 0 Å². The van der Waals surface area contributed by atoms with E-state index in [1.807, 2.05) is 0 Å². The molecule has 0 aliphatic carbocycles. The maximum Gasteiger partial charge on any atom is -0.0132 e. The molecule has 0 heterocycles. The van der Waals surface area contributed by atoms with Gasteiger partial charge in [0.1, 0.15) is 0 Å². The van der Waals surface area contributed by atoms with Crippen LogP contribution in [0.4, 0.5) is 0 Å². The molecular formula is C17H21P. The number of rotatable bonds is 2. The highest BCUT2D eigenvalue weighted by molar-refractivity contribution is 7.55. The van der Waals surface area contributed by atoms with Crippen molar-refractivity contribution in [2.75, 3.05) is 0 Å². The zero-order valence-corrected chi connectivity index (χ0v) is 12.6. The summed E-state index contributed by atoms with van der Waals surface area (Å²) in [5, 5.41) is 2.84. The van der Waals surface area contributed by atoms with Gasteiger partial charge in [-0.05, 0) is 28.5 Å². The summed E-state index contributed by atoms with van der Waals surface area (Å²) in [5.41, 5.74) is 3.02. The minimum atomic E-state index is 0.224. The Labute approximate surface area is 112 Å². The standard InChI is InChI=1S/C17H21P/c1-13-10-14(17(2,3)4)12-16(11-13)18-15-8-6-5-7-9-15/h5-12,18H,1-4H3. The third-order valence-electron chi connectivity index (χ3n) is 3.01. The number of hydrogen-bond acceptors (Lipinski definition) is 0. The summed E-state index contributed by atoms with van der Waals surface area (Å²) in [6, 6.07) is 17.7. The molecule has 18 heavy (non-hydrogen) atoms. The van der Waals surface area contributed by atoms with E-state index in [9.17, 15) is 0 Å². The summed E-state index contributed by atoms with van der Waals surface area (Å²) >= 11 is 0. The Kier molecular flexibility index (Phi) is 3.88.